The minimum atomic E-state index is -1.76. The average Bonchev–Trinajstić information content (AvgIpc) is 2.73. The van der Waals surface area contributed by atoms with Gasteiger partial charge in [-0.1, -0.05) is 0 Å². The molecule has 0 unspecified atom stereocenters. The summed E-state index contributed by atoms with van der Waals surface area (Å²) in [4.78, 5) is 10.9. The van der Waals surface area contributed by atoms with Crippen molar-refractivity contribution in [3.63, 3.8) is 0 Å². The molecule has 0 saturated heterocycles. The Morgan fingerprint density at radius 1 is 1.00 bits per heavy atom. The van der Waals surface area contributed by atoms with E-state index in [1.165, 1.54) is 0 Å². The van der Waals surface area contributed by atoms with Gasteiger partial charge in [0.05, 0.1) is 0 Å². The normalized spacial score (nSPS) is 31.4. The molecule has 2 rings (SSSR count). The molecule has 56 valence electrons. The lowest BCUT2D eigenvalue weighted by Gasteiger charge is -2.05. The first kappa shape index (κ1) is 6.25. The van der Waals surface area contributed by atoms with Crippen molar-refractivity contribution in [3.8, 4) is 0 Å². The minimum Gasteiger partial charge on any atom is -0.292 e. The van der Waals surface area contributed by atoms with Gasteiger partial charge in [0.1, 0.15) is 0 Å². The number of ketones is 1. The molecule has 0 aromatic heterocycles. The van der Waals surface area contributed by atoms with E-state index < -0.39 is 17.1 Å². The molecule has 0 spiro atoms. The third-order valence-electron chi connectivity index (χ3n) is 2.19. The summed E-state index contributed by atoms with van der Waals surface area (Å²) >= 11 is 0. The largest absolute Gasteiger partial charge is 0.292 e. The first-order chi connectivity index (χ1) is 4.57. The Labute approximate surface area is 57.4 Å². The second-order valence-corrected chi connectivity index (χ2v) is 3.26. The van der Waals surface area contributed by atoms with E-state index in [9.17, 15) is 13.6 Å². The van der Waals surface area contributed by atoms with Gasteiger partial charge in [0.2, 0.25) is 5.78 Å². The van der Waals surface area contributed by atoms with Gasteiger partial charge in [-0.05, 0) is 25.7 Å². The lowest BCUT2D eigenvalue weighted by molar-refractivity contribution is -0.131. The van der Waals surface area contributed by atoms with Gasteiger partial charge in [0.25, 0.3) is 0 Å². The number of carbonyl (C=O) groups excluding carboxylic acids is 1. The highest BCUT2D eigenvalue weighted by Crippen LogP contribution is 2.51. The van der Waals surface area contributed by atoms with Crippen molar-refractivity contribution in [2.45, 2.75) is 37.0 Å². The van der Waals surface area contributed by atoms with Crippen molar-refractivity contribution in [1.29, 1.82) is 0 Å². The summed E-state index contributed by atoms with van der Waals surface area (Å²) in [7, 11) is 0. The number of hydrogen-bond acceptors (Lipinski definition) is 1. The van der Waals surface area contributed by atoms with Gasteiger partial charge in [-0.3, -0.25) is 4.79 Å². The number of carbonyl (C=O) groups is 1. The van der Waals surface area contributed by atoms with E-state index in [0.717, 1.165) is 0 Å². The van der Waals surface area contributed by atoms with Crippen molar-refractivity contribution >= 4 is 5.78 Å². The van der Waals surface area contributed by atoms with E-state index in [0.29, 0.717) is 0 Å². The summed E-state index contributed by atoms with van der Waals surface area (Å²) in [6, 6.07) is 0. The highest BCUT2D eigenvalue weighted by Gasteiger charge is 2.63. The van der Waals surface area contributed by atoms with Crippen LogP contribution in [0.25, 0.3) is 0 Å². The monoisotopic (exact) mass is 146 g/mol. The summed E-state index contributed by atoms with van der Waals surface area (Å²) in [5.41, 5.74) is -3.52. The number of alkyl halides is 2. The van der Waals surface area contributed by atoms with Crippen molar-refractivity contribution in [1.82, 2.24) is 0 Å². The zero-order valence-corrected chi connectivity index (χ0v) is 5.49. The van der Waals surface area contributed by atoms with Crippen LogP contribution in [0.1, 0.15) is 25.7 Å². The molecular weight excluding hydrogens is 138 g/mol. The van der Waals surface area contributed by atoms with E-state index in [-0.39, 0.29) is 25.7 Å². The van der Waals surface area contributed by atoms with Gasteiger partial charge in [-0.25, -0.2) is 8.78 Å². The molecule has 0 amide bonds. The second-order valence-electron chi connectivity index (χ2n) is 3.26. The maximum atomic E-state index is 12.8. The van der Waals surface area contributed by atoms with Gasteiger partial charge in [-0.15, -0.1) is 0 Å². The highest BCUT2D eigenvalue weighted by atomic mass is 19.2. The fraction of sp³-hybridized carbons (Fsp3) is 0.857. The third-order valence-corrected chi connectivity index (χ3v) is 2.19. The highest BCUT2D eigenvalue weighted by molar-refractivity contribution is 5.99. The van der Waals surface area contributed by atoms with Gasteiger partial charge in [-0.2, -0.15) is 0 Å². The molecule has 0 atom stereocenters. The molecule has 10 heavy (non-hydrogen) atoms. The summed E-state index contributed by atoms with van der Waals surface area (Å²) in [6.07, 6.45) is 0.935. The molecule has 0 aromatic carbocycles. The molecule has 0 aromatic rings. The van der Waals surface area contributed by atoms with Crippen molar-refractivity contribution in [2.75, 3.05) is 0 Å². The Balaban J connectivity index is 2.12. The van der Waals surface area contributed by atoms with Crippen LogP contribution >= 0.6 is 0 Å². The molecule has 3 heteroatoms. The van der Waals surface area contributed by atoms with Crippen molar-refractivity contribution in [3.05, 3.63) is 0 Å². The van der Waals surface area contributed by atoms with Crippen LogP contribution in [0.3, 0.4) is 0 Å². The maximum Gasteiger partial charge on any atom is 0.206 e. The second kappa shape index (κ2) is 1.41. The molecule has 2 aliphatic carbocycles. The molecule has 2 fully saturated rings. The van der Waals surface area contributed by atoms with Crippen LogP contribution < -0.4 is 0 Å². The molecule has 0 heterocycles. The zero-order valence-electron chi connectivity index (χ0n) is 5.49. The Hall–Kier alpha value is -0.470. The first-order valence-electron chi connectivity index (χ1n) is 3.50. The molecule has 2 saturated carbocycles. The number of halogens is 2. The van der Waals surface area contributed by atoms with E-state index in [4.69, 9.17) is 0 Å². The van der Waals surface area contributed by atoms with E-state index in [2.05, 4.69) is 0 Å². The molecule has 0 N–H and O–H groups in total. The third kappa shape index (κ3) is 0.693. The van der Waals surface area contributed by atoms with E-state index in [1.54, 1.807) is 0 Å². The van der Waals surface area contributed by atoms with Crippen LogP contribution in [0.5, 0.6) is 0 Å². The minimum absolute atomic E-state index is 0.234. The number of hydrogen-bond donors (Lipinski definition) is 0. The molecule has 0 bridgehead atoms. The number of rotatable bonds is 2. The van der Waals surface area contributed by atoms with Crippen LogP contribution in [0.2, 0.25) is 0 Å². The molecule has 1 nitrogen and oxygen atoms in total. The number of Topliss-reactive ketones (excluding diaryl/α,β-unsaturated/α-hetero) is 1. The zero-order chi connectivity index (χ0) is 7.41. The van der Waals surface area contributed by atoms with Crippen LogP contribution in [0, 0.1) is 0 Å². The topological polar surface area (TPSA) is 17.1 Å². The van der Waals surface area contributed by atoms with Gasteiger partial charge in [0, 0.05) is 0 Å². The predicted octanol–water partition coefficient (Wildman–Crippen LogP) is 1.56. The summed E-state index contributed by atoms with van der Waals surface area (Å²) in [6.45, 7) is 0. The van der Waals surface area contributed by atoms with Crippen molar-refractivity contribution in [2.24, 2.45) is 0 Å². The molecule has 2 aliphatic rings. The Bertz CT molecular complexity index is 172. The quantitative estimate of drug-likeness (QED) is 0.577. The smallest absolute Gasteiger partial charge is 0.206 e. The molecule has 0 radical (unpaired) electrons. The van der Waals surface area contributed by atoms with E-state index in [1.807, 2.05) is 0 Å². The van der Waals surface area contributed by atoms with Crippen LogP contribution in [0.15, 0.2) is 0 Å². The molecule has 0 aliphatic heterocycles. The summed E-state index contributed by atoms with van der Waals surface area (Å²) in [5.74, 6) is -0.792. The predicted molar refractivity (Wildman–Crippen MR) is 31.2 cm³/mol. The Morgan fingerprint density at radius 3 is 1.50 bits per heavy atom. The Morgan fingerprint density at radius 2 is 1.30 bits per heavy atom. The lowest BCUT2D eigenvalue weighted by Crippen LogP contribution is -2.28. The van der Waals surface area contributed by atoms with Crippen LogP contribution in [0.4, 0.5) is 8.78 Å². The molecular formula is C7H8F2O. The van der Waals surface area contributed by atoms with Gasteiger partial charge >= 0.3 is 0 Å². The first-order valence-corrected chi connectivity index (χ1v) is 3.50. The van der Waals surface area contributed by atoms with Crippen LogP contribution in [-0.4, -0.2) is 17.1 Å². The van der Waals surface area contributed by atoms with Crippen molar-refractivity contribution < 1.29 is 13.6 Å². The lowest BCUT2D eigenvalue weighted by atomic mass is 10.1. The Kier molecular flexibility index (Phi) is 0.881. The van der Waals surface area contributed by atoms with Gasteiger partial charge in [0.15, 0.2) is 11.3 Å². The standard InChI is InChI=1S/C7H8F2O/c8-6(1-2-6)5(10)7(9)3-4-7/h1-4H2. The average molecular weight is 146 g/mol. The SMILES string of the molecule is O=C(C1(F)CC1)C1(F)CC1. The van der Waals surface area contributed by atoms with Crippen LogP contribution in [-0.2, 0) is 4.79 Å². The fourth-order valence-electron chi connectivity index (χ4n) is 1.08. The van der Waals surface area contributed by atoms with Gasteiger partial charge < -0.3 is 0 Å². The van der Waals surface area contributed by atoms with E-state index >= 15 is 0 Å². The summed E-state index contributed by atoms with van der Waals surface area (Å²) < 4.78 is 25.7. The fourth-order valence-corrected chi connectivity index (χ4v) is 1.08. The summed E-state index contributed by atoms with van der Waals surface area (Å²) in [5, 5.41) is 0. The maximum absolute atomic E-state index is 12.8.